The van der Waals surface area contributed by atoms with E-state index in [2.05, 4.69) is 0 Å². The lowest BCUT2D eigenvalue weighted by Crippen LogP contribution is -2.48. The van der Waals surface area contributed by atoms with E-state index in [0.717, 1.165) is 23.3 Å². The predicted octanol–water partition coefficient (Wildman–Crippen LogP) is 3.42. The van der Waals surface area contributed by atoms with Crippen LogP contribution in [0.5, 0.6) is 0 Å². The molecule has 0 aromatic heterocycles. The molecule has 0 bridgehead atoms. The summed E-state index contributed by atoms with van der Waals surface area (Å²) in [7, 11) is 0. The summed E-state index contributed by atoms with van der Waals surface area (Å²) in [5.74, 6) is -0.948. The Morgan fingerprint density at radius 2 is 2.00 bits per heavy atom. The monoisotopic (exact) mass is 383 g/mol. The maximum absolute atomic E-state index is 13.1. The number of ether oxygens (including phenoxy) is 2. The van der Waals surface area contributed by atoms with Crippen molar-refractivity contribution in [2.24, 2.45) is 5.92 Å². The summed E-state index contributed by atoms with van der Waals surface area (Å²) in [4.78, 5) is 38.7. The van der Waals surface area contributed by atoms with Crippen LogP contribution >= 0.6 is 0 Å². The van der Waals surface area contributed by atoms with Gasteiger partial charge < -0.3 is 9.47 Å². The van der Waals surface area contributed by atoms with Crippen molar-refractivity contribution in [1.82, 2.24) is 4.90 Å². The number of hydrogen-bond donors (Lipinski definition) is 0. The summed E-state index contributed by atoms with van der Waals surface area (Å²) in [5, 5.41) is 0. The Balaban J connectivity index is 1.74. The molecular weight excluding hydrogens is 358 g/mol. The first-order valence-corrected chi connectivity index (χ1v) is 9.63. The highest BCUT2D eigenvalue weighted by Gasteiger charge is 2.43. The molecule has 0 radical (unpaired) electrons. The van der Waals surface area contributed by atoms with Crippen molar-refractivity contribution in [3.8, 4) is 0 Å². The number of nitrogens with zero attached hydrogens (tertiary/aromatic N) is 1. The number of hydrogen-bond acceptors (Lipinski definition) is 5. The second-order valence-corrected chi connectivity index (χ2v) is 7.09. The predicted molar refractivity (Wildman–Crippen MR) is 103 cm³/mol. The summed E-state index contributed by atoms with van der Waals surface area (Å²) < 4.78 is 10.9. The quantitative estimate of drug-likeness (QED) is 0.753. The van der Waals surface area contributed by atoms with Gasteiger partial charge in [-0.25, -0.2) is 9.69 Å². The normalized spacial score (nSPS) is 24.2. The van der Waals surface area contributed by atoms with Gasteiger partial charge >= 0.3 is 6.09 Å². The lowest BCUT2D eigenvalue weighted by molar-refractivity contribution is -0.142. The minimum atomic E-state index is -0.939. The van der Waals surface area contributed by atoms with Crippen LogP contribution in [0.3, 0.4) is 0 Å². The van der Waals surface area contributed by atoms with E-state index in [-0.39, 0.29) is 12.4 Å². The summed E-state index contributed by atoms with van der Waals surface area (Å²) in [6.45, 7) is 3.81. The van der Waals surface area contributed by atoms with Crippen molar-refractivity contribution in [3.63, 3.8) is 0 Å². The Labute approximate surface area is 164 Å². The molecule has 1 fully saturated rings. The third kappa shape index (κ3) is 4.32. The number of cyclic esters (lactones) is 1. The number of carbonyl (C=O) groups is 3. The van der Waals surface area contributed by atoms with E-state index >= 15 is 0 Å². The van der Waals surface area contributed by atoms with Crippen LogP contribution in [0, 0.1) is 5.92 Å². The van der Waals surface area contributed by atoms with Crippen molar-refractivity contribution in [1.29, 1.82) is 0 Å². The third-order valence-electron chi connectivity index (χ3n) is 4.95. The number of ketones is 1. The highest BCUT2D eigenvalue weighted by molar-refractivity contribution is 6.01. The fraction of sp³-hybridized carbons (Fsp3) is 0.409. The van der Waals surface area contributed by atoms with Gasteiger partial charge in [0.15, 0.2) is 11.9 Å². The van der Waals surface area contributed by atoms with Crippen LogP contribution in [-0.2, 0) is 25.5 Å². The van der Waals surface area contributed by atoms with E-state index in [1.807, 2.05) is 43.3 Å². The van der Waals surface area contributed by atoms with Crippen LogP contribution in [0.25, 0.3) is 0 Å². The molecule has 28 heavy (non-hydrogen) atoms. The Morgan fingerprint density at radius 3 is 2.71 bits per heavy atom. The summed E-state index contributed by atoms with van der Waals surface area (Å²) in [5.41, 5.74) is 1.01. The van der Waals surface area contributed by atoms with Crippen molar-refractivity contribution < 1.29 is 23.9 Å². The van der Waals surface area contributed by atoms with E-state index in [1.54, 1.807) is 13.0 Å². The molecule has 2 amide bonds. The molecule has 3 rings (SSSR count). The number of amides is 2. The first kappa shape index (κ1) is 19.9. The maximum Gasteiger partial charge on any atom is 0.416 e. The lowest BCUT2D eigenvalue weighted by Gasteiger charge is -2.29. The van der Waals surface area contributed by atoms with Gasteiger partial charge in [-0.05, 0) is 43.6 Å². The van der Waals surface area contributed by atoms with E-state index in [1.165, 1.54) is 6.08 Å². The van der Waals surface area contributed by atoms with Crippen LogP contribution in [0.1, 0.15) is 32.3 Å². The first-order chi connectivity index (χ1) is 13.5. The van der Waals surface area contributed by atoms with E-state index < -0.39 is 30.1 Å². The molecule has 1 unspecified atom stereocenters. The smallest absolute Gasteiger partial charge is 0.416 e. The molecular formula is C22H25NO5. The van der Waals surface area contributed by atoms with Gasteiger partial charge in [-0.1, -0.05) is 43.7 Å². The molecule has 3 atom stereocenters. The van der Waals surface area contributed by atoms with Crippen molar-refractivity contribution in [2.45, 2.75) is 45.3 Å². The van der Waals surface area contributed by atoms with Crippen molar-refractivity contribution in [3.05, 3.63) is 59.9 Å². The number of carbonyl (C=O) groups excluding carboxylic acids is 3. The summed E-state index contributed by atoms with van der Waals surface area (Å²) >= 11 is 0. The van der Waals surface area contributed by atoms with Gasteiger partial charge in [-0.3, -0.25) is 9.59 Å². The van der Waals surface area contributed by atoms with Crippen LogP contribution < -0.4 is 0 Å². The molecule has 0 N–H and O–H groups in total. The Kier molecular flexibility index (Phi) is 6.29. The van der Waals surface area contributed by atoms with Crippen molar-refractivity contribution in [2.75, 3.05) is 6.61 Å². The third-order valence-corrected chi connectivity index (χ3v) is 4.95. The standard InChI is InChI=1S/C22H25NO5/c1-3-4-10-18-11-12-19(24)20(28-18)15(2)21(25)23-17(14-27-22(23)26)13-16-8-6-5-7-9-16/h5-12,15,17,20H,3-4,13-14H2,1-2H3/b18-10-/t15-,17-,20?/m0/s1. The Morgan fingerprint density at radius 1 is 1.25 bits per heavy atom. The highest BCUT2D eigenvalue weighted by Crippen LogP contribution is 2.25. The number of allylic oxidation sites excluding steroid dienone is 2. The van der Waals surface area contributed by atoms with Gasteiger partial charge in [0, 0.05) is 0 Å². The van der Waals surface area contributed by atoms with Gasteiger partial charge in [0.1, 0.15) is 12.4 Å². The van der Waals surface area contributed by atoms with Gasteiger partial charge in [0.25, 0.3) is 0 Å². The fourth-order valence-electron chi connectivity index (χ4n) is 3.37. The molecule has 2 heterocycles. The second kappa shape index (κ2) is 8.87. The summed E-state index contributed by atoms with van der Waals surface area (Å²) in [6.07, 6.45) is 5.62. The molecule has 1 saturated heterocycles. The molecule has 148 valence electrons. The molecule has 1 aromatic rings. The lowest BCUT2D eigenvalue weighted by atomic mass is 9.96. The topological polar surface area (TPSA) is 72.9 Å². The number of rotatable bonds is 6. The SMILES string of the molecule is CCC/C=C1/C=CC(=O)C([C@H](C)C(=O)N2C(=O)OC[C@@H]2Cc2ccccc2)O1. The van der Waals surface area contributed by atoms with Gasteiger partial charge in [0.05, 0.1) is 12.0 Å². The average molecular weight is 383 g/mol. The van der Waals surface area contributed by atoms with Gasteiger partial charge in [-0.2, -0.15) is 0 Å². The van der Waals surface area contributed by atoms with Crippen LogP contribution in [0.15, 0.2) is 54.3 Å². The van der Waals surface area contributed by atoms with Gasteiger partial charge in [-0.15, -0.1) is 0 Å². The van der Waals surface area contributed by atoms with Crippen LogP contribution in [0.2, 0.25) is 0 Å². The Bertz CT molecular complexity index is 798. The minimum absolute atomic E-state index is 0.146. The minimum Gasteiger partial charge on any atom is -0.482 e. The van der Waals surface area contributed by atoms with E-state index in [0.29, 0.717) is 12.2 Å². The Hall–Kier alpha value is -2.89. The van der Waals surface area contributed by atoms with Crippen LogP contribution in [-0.4, -0.2) is 41.4 Å². The molecule has 0 spiro atoms. The molecule has 2 aliphatic heterocycles. The van der Waals surface area contributed by atoms with E-state index in [9.17, 15) is 14.4 Å². The number of unbranched alkanes of at least 4 members (excludes halogenated alkanes) is 1. The average Bonchev–Trinajstić information content (AvgIpc) is 3.07. The largest absolute Gasteiger partial charge is 0.482 e. The van der Waals surface area contributed by atoms with Crippen molar-refractivity contribution >= 4 is 17.8 Å². The summed E-state index contributed by atoms with van der Waals surface area (Å²) in [6, 6.07) is 9.22. The molecule has 0 saturated carbocycles. The highest BCUT2D eigenvalue weighted by atomic mass is 16.6. The zero-order valence-electron chi connectivity index (χ0n) is 16.2. The fourth-order valence-corrected chi connectivity index (χ4v) is 3.37. The molecule has 2 aliphatic rings. The van der Waals surface area contributed by atoms with Crippen LogP contribution in [0.4, 0.5) is 4.79 Å². The molecule has 6 heteroatoms. The first-order valence-electron chi connectivity index (χ1n) is 9.63. The maximum atomic E-state index is 13.1. The number of imide groups is 1. The van der Waals surface area contributed by atoms with Gasteiger partial charge in [0.2, 0.25) is 5.91 Å². The molecule has 0 aliphatic carbocycles. The molecule has 6 nitrogen and oxygen atoms in total. The second-order valence-electron chi connectivity index (χ2n) is 7.09. The zero-order valence-corrected chi connectivity index (χ0v) is 16.2. The molecule has 1 aromatic carbocycles. The number of benzene rings is 1. The van der Waals surface area contributed by atoms with E-state index in [4.69, 9.17) is 9.47 Å². The zero-order chi connectivity index (χ0) is 20.1.